The van der Waals surface area contributed by atoms with E-state index in [0.717, 1.165) is 15.3 Å². The van der Waals surface area contributed by atoms with E-state index >= 15 is 0 Å². The van der Waals surface area contributed by atoms with Gasteiger partial charge >= 0.3 is 5.97 Å². The van der Waals surface area contributed by atoms with E-state index in [4.69, 9.17) is 4.74 Å². The Morgan fingerprint density at radius 1 is 0.963 bits per heavy atom. The highest BCUT2D eigenvalue weighted by Crippen LogP contribution is 2.41. The summed E-state index contributed by atoms with van der Waals surface area (Å²) in [6, 6.07) is 20.1. The van der Waals surface area contributed by atoms with Crippen molar-refractivity contribution in [2.24, 2.45) is 0 Å². The van der Waals surface area contributed by atoms with Crippen LogP contribution in [-0.2, 0) is 19.6 Å². The van der Waals surface area contributed by atoms with Crippen LogP contribution >= 0.6 is 0 Å². The van der Waals surface area contributed by atoms with Crippen LogP contribution in [0, 0.1) is 0 Å². The van der Waals surface area contributed by atoms with Crippen molar-refractivity contribution in [2.75, 3.05) is 17.5 Å². The van der Waals surface area contributed by atoms with Crippen molar-refractivity contribution in [1.29, 1.82) is 0 Å². The molecule has 1 heterocycles. The maximum atomic E-state index is 12.8. The lowest BCUT2D eigenvalue weighted by Crippen LogP contribution is -2.33. The van der Waals surface area contributed by atoms with Gasteiger partial charge in [0.05, 0.1) is 10.6 Å². The minimum atomic E-state index is -3.75. The summed E-state index contributed by atoms with van der Waals surface area (Å²) in [5, 5.41) is 1.48. The van der Waals surface area contributed by atoms with Crippen LogP contribution in [0.2, 0.25) is 0 Å². The summed E-state index contributed by atoms with van der Waals surface area (Å²) < 4.78 is 31.9. The van der Waals surface area contributed by atoms with Gasteiger partial charge in [-0.15, -0.1) is 0 Å². The lowest BCUT2D eigenvalue weighted by atomic mass is 10.1. The third kappa shape index (κ3) is 3.19. The van der Waals surface area contributed by atoms with Gasteiger partial charge in [0, 0.05) is 5.39 Å². The van der Waals surface area contributed by atoms with Crippen LogP contribution in [-0.4, -0.2) is 27.5 Å². The SMILES string of the molecule is O=C(CN1c2cccc3cccc(c23)S1(=O)=O)OC/C=C\c1ccccc1. The highest BCUT2D eigenvalue weighted by atomic mass is 32.2. The molecule has 3 aromatic carbocycles. The second-order valence-electron chi connectivity index (χ2n) is 6.14. The number of carbonyl (C=O) groups excluding carboxylic acids is 1. The van der Waals surface area contributed by atoms with Gasteiger partial charge in [0.25, 0.3) is 10.0 Å². The third-order valence-corrected chi connectivity index (χ3v) is 6.21. The Morgan fingerprint density at radius 2 is 1.70 bits per heavy atom. The van der Waals surface area contributed by atoms with Crippen LogP contribution in [0.3, 0.4) is 0 Å². The summed E-state index contributed by atoms with van der Waals surface area (Å²) in [5.74, 6) is -0.596. The molecule has 6 heteroatoms. The normalized spacial score (nSPS) is 14.7. The zero-order valence-electron chi connectivity index (χ0n) is 14.4. The van der Waals surface area contributed by atoms with Crippen molar-refractivity contribution < 1.29 is 17.9 Å². The zero-order valence-corrected chi connectivity index (χ0v) is 15.2. The fraction of sp³-hybridized carbons (Fsp3) is 0.0952. The standard InChI is InChI=1S/C21H17NO4S/c23-20(26-14-6-9-16-7-2-1-3-8-16)15-22-18-12-4-10-17-11-5-13-19(21(17)18)27(22,24)25/h1-13H,14-15H2/b9-6-. The number of anilines is 1. The molecule has 0 radical (unpaired) electrons. The van der Waals surface area contributed by atoms with Gasteiger partial charge in [0.2, 0.25) is 0 Å². The number of nitrogens with zero attached hydrogens (tertiary/aromatic N) is 1. The van der Waals surface area contributed by atoms with E-state index in [1.807, 2.05) is 48.5 Å². The van der Waals surface area contributed by atoms with Gasteiger partial charge in [0.1, 0.15) is 13.2 Å². The number of carbonyl (C=O) groups is 1. The summed E-state index contributed by atoms with van der Waals surface area (Å²) >= 11 is 0. The van der Waals surface area contributed by atoms with E-state index in [9.17, 15) is 13.2 Å². The highest BCUT2D eigenvalue weighted by Gasteiger charge is 2.36. The van der Waals surface area contributed by atoms with Gasteiger partial charge in [-0.1, -0.05) is 60.7 Å². The molecule has 1 aliphatic heterocycles. The summed E-state index contributed by atoms with van der Waals surface area (Å²) in [4.78, 5) is 12.4. The van der Waals surface area contributed by atoms with Gasteiger partial charge < -0.3 is 4.74 Å². The van der Waals surface area contributed by atoms with Gasteiger partial charge in [-0.2, -0.15) is 0 Å². The Hall–Kier alpha value is -3.12. The number of ether oxygens (including phenoxy) is 1. The molecular formula is C21H17NO4S. The molecule has 0 aliphatic carbocycles. The molecule has 0 fully saturated rings. The van der Waals surface area contributed by atoms with Crippen LogP contribution in [0.15, 0.2) is 77.7 Å². The monoisotopic (exact) mass is 379 g/mol. The zero-order chi connectivity index (χ0) is 18.9. The molecule has 0 atom stereocenters. The molecule has 0 spiro atoms. The first-order chi connectivity index (χ1) is 13.1. The highest BCUT2D eigenvalue weighted by molar-refractivity contribution is 7.93. The van der Waals surface area contributed by atoms with E-state index in [2.05, 4.69) is 0 Å². The average molecular weight is 379 g/mol. The van der Waals surface area contributed by atoms with Gasteiger partial charge in [-0.25, -0.2) is 8.42 Å². The predicted molar refractivity (Wildman–Crippen MR) is 105 cm³/mol. The number of sulfonamides is 1. The van der Waals surface area contributed by atoms with Gasteiger partial charge in [-0.05, 0) is 29.2 Å². The van der Waals surface area contributed by atoms with Crippen molar-refractivity contribution in [3.8, 4) is 0 Å². The molecule has 136 valence electrons. The Balaban J connectivity index is 1.48. The van der Waals surface area contributed by atoms with Gasteiger partial charge in [0.15, 0.2) is 0 Å². The van der Waals surface area contributed by atoms with Crippen LogP contribution in [0.25, 0.3) is 16.8 Å². The van der Waals surface area contributed by atoms with Crippen LogP contribution in [0.4, 0.5) is 5.69 Å². The van der Waals surface area contributed by atoms with E-state index in [-0.39, 0.29) is 18.0 Å². The minimum Gasteiger partial charge on any atom is -0.460 e. The molecule has 0 saturated heterocycles. The minimum absolute atomic E-state index is 0.0821. The second-order valence-corrected chi connectivity index (χ2v) is 7.97. The fourth-order valence-corrected chi connectivity index (χ4v) is 4.84. The van der Waals surface area contributed by atoms with Gasteiger partial charge in [-0.3, -0.25) is 9.10 Å². The molecule has 5 nitrogen and oxygen atoms in total. The average Bonchev–Trinajstić information content (AvgIpc) is 2.90. The number of hydrogen-bond donors (Lipinski definition) is 0. The molecule has 0 saturated carbocycles. The molecule has 4 rings (SSSR count). The van der Waals surface area contributed by atoms with E-state index in [0.29, 0.717) is 11.1 Å². The van der Waals surface area contributed by atoms with Crippen LogP contribution in [0.1, 0.15) is 5.56 Å². The van der Waals surface area contributed by atoms with Crippen molar-refractivity contribution in [3.05, 3.63) is 78.4 Å². The number of benzene rings is 3. The van der Waals surface area contributed by atoms with Crippen LogP contribution in [0.5, 0.6) is 0 Å². The van der Waals surface area contributed by atoms with E-state index in [1.54, 1.807) is 30.3 Å². The smallest absolute Gasteiger partial charge is 0.327 e. The predicted octanol–water partition coefficient (Wildman–Crippen LogP) is 3.61. The fourth-order valence-electron chi connectivity index (χ4n) is 3.18. The first-order valence-electron chi connectivity index (χ1n) is 8.49. The third-order valence-electron chi connectivity index (χ3n) is 4.40. The number of rotatable bonds is 5. The molecular weight excluding hydrogens is 362 g/mol. The first-order valence-corrected chi connectivity index (χ1v) is 9.93. The topological polar surface area (TPSA) is 63.7 Å². The Morgan fingerprint density at radius 3 is 2.48 bits per heavy atom. The molecule has 3 aromatic rings. The quantitative estimate of drug-likeness (QED) is 0.636. The molecule has 27 heavy (non-hydrogen) atoms. The molecule has 1 aliphatic rings. The maximum Gasteiger partial charge on any atom is 0.327 e. The Kier molecular flexibility index (Phi) is 4.41. The number of esters is 1. The summed E-state index contributed by atoms with van der Waals surface area (Å²) in [7, 11) is -3.75. The lowest BCUT2D eigenvalue weighted by Gasteiger charge is -2.17. The molecule has 0 bridgehead atoms. The summed E-state index contributed by atoms with van der Waals surface area (Å²) in [6.07, 6.45) is 3.57. The molecule has 0 aromatic heterocycles. The Labute approximate surface area is 157 Å². The van der Waals surface area contributed by atoms with Crippen molar-refractivity contribution in [2.45, 2.75) is 4.90 Å². The van der Waals surface area contributed by atoms with E-state index < -0.39 is 16.0 Å². The van der Waals surface area contributed by atoms with Crippen molar-refractivity contribution >= 4 is 38.5 Å². The van der Waals surface area contributed by atoms with Crippen molar-refractivity contribution in [3.63, 3.8) is 0 Å². The van der Waals surface area contributed by atoms with E-state index in [1.165, 1.54) is 0 Å². The number of hydrogen-bond acceptors (Lipinski definition) is 4. The molecule has 0 unspecified atom stereocenters. The van der Waals surface area contributed by atoms with Crippen LogP contribution < -0.4 is 4.31 Å². The summed E-state index contributed by atoms with van der Waals surface area (Å²) in [5.41, 5.74) is 1.51. The van der Waals surface area contributed by atoms with Crippen molar-refractivity contribution in [1.82, 2.24) is 0 Å². The largest absolute Gasteiger partial charge is 0.460 e. The first kappa shape index (κ1) is 17.3. The lowest BCUT2D eigenvalue weighted by molar-refractivity contribution is -0.140. The second kappa shape index (κ2) is 6.89. The molecule has 0 amide bonds. The molecule has 0 N–H and O–H groups in total. The summed E-state index contributed by atoms with van der Waals surface area (Å²) in [6.45, 7) is -0.270. The Bertz CT molecular complexity index is 1130. The maximum absolute atomic E-state index is 12.8.